The summed E-state index contributed by atoms with van der Waals surface area (Å²) >= 11 is 0. The van der Waals surface area contributed by atoms with Crippen molar-refractivity contribution in [3.8, 4) is 16.9 Å². The van der Waals surface area contributed by atoms with E-state index in [0.717, 1.165) is 22.6 Å². The van der Waals surface area contributed by atoms with E-state index in [1.54, 1.807) is 7.11 Å². The Labute approximate surface area is 108 Å². The minimum atomic E-state index is 0.448. The van der Waals surface area contributed by atoms with Crippen LogP contribution < -0.4 is 10.5 Å². The van der Waals surface area contributed by atoms with Crippen molar-refractivity contribution >= 4 is 5.69 Å². The van der Waals surface area contributed by atoms with Crippen LogP contribution in [0.1, 0.15) is 25.3 Å². The van der Waals surface area contributed by atoms with Crippen molar-refractivity contribution in [2.45, 2.75) is 19.8 Å². The van der Waals surface area contributed by atoms with Crippen LogP contribution in [0.2, 0.25) is 0 Å². The molecule has 0 amide bonds. The van der Waals surface area contributed by atoms with Crippen LogP contribution in [0, 0.1) is 0 Å². The molecule has 0 saturated heterocycles. The second kappa shape index (κ2) is 5.13. The molecule has 0 bridgehead atoms. The molecule has 0 aromatic heterocycles. The molecular weight excluding hydrogens is 222 g/mol. The maximum absolute atomic E-state index is 6.10. The fraction of sp³-hybridized carbons (Fsp3) is 0.250. The predicted molar refractivity (Wildman–Crippen MR) is 76.9 cm³/mol. The number of hydrogen-bond donors (Lipinski definition) is 1. The van der Waals surface area contributed by atoms with Crippen molar-refractivity contribution in [2.24, 2.45) is 0 Å². The maximum atomic E-state index is 6.10. The summed E-state index contributed by atoms with van der Waals surface area (Å²) in [6.45, 7) is 4.30. The Morgan fingerprint density at radius 2 is 1.72 bits per heavy atom. The molecule has 0 heterocycles. The SMILES string of the molecule is COc1cccc(-c2ccc(C(C)C)c(N)c2)c1. The molecule has 18 heavy (non-hydrogen) atoms. The van der Waals surface area contributed by atoms with Crippen molar-refractivity contribution in [1.29, 1.82) is 0 Å². The molecule has 2 rings (SSSR count). The summed E-state index contributed by atoms with van der Waals surface area (Å²) in [7, 11) is 1.68. The van der Waals surface area contributed by atoms with Crippen LogP contribution in [0.5, 0.6) is 5.75 Å². The van der Waals surface area contributed by atoms with Gasteiger partial charge in [0.2, 0.25) is 0 Å². The van der Waals surface area contributed by atoms with Gasteiger partial charge in [-0.25, -0.2) is 0 Å². The third-order valence-electron chi connectivity index (χ3n) is 3.11. The third kappa shape index (κ3) is 2.48. The van der Waals surface area contributed by atoms with Gasteiger partial charge in [-0.15, -0.1) is 0 Å². The summed E-state index contributed by atoms with van der Waals surface area (Å²) in [5.41, 5.74) is 10.4. The minimum absolute atomic E-state index is 0.448. The van der Waals surface area contributed by atoms with E-state index in [4.69, 9.17) is 10.5 Å². The first kappa shape index (κ1) is 12.5. The molecule has 0 aliphatic carbocycles. The lowest BCUT2D eigenvalue weighted by Crippen LogP contribution is -1.96. The highest BCUT2D eigenvalue weighted by Crippen LogP contribution is 2.29. The Balaban J connectivity index is 2.42. The van der Waals surface area contributed by atoms with Crippen molar-refractivity contribution in [1.82, 2.24) is 0 Å². The van der Waals surface area contributed by atoms with E-state index in [-0.39, 0.29) is 0 Å². The number of anilines is 1. The second-order valence-corrected chi connectivity index (χ2v) is 4.73. The van der Waals surface area contributed by atoms with Gasteiger partial charge in [0.15, 0.2) is 0 Å². The number of nitrogen functional groups attached to an aromatic ring is 1. The molecule has 0 aliphatic heterocycles. The number of ether oxygens (including phenoxy) is 1. The summed E-state index contributed by atoms with van der Waals surface area (Å²) in [5.74, 6) is 1.31. The zero-order valence-electron chi connectivity index (χ0n) is 11.1. The normalized spacial score (nSPS) is 10.7. The average molecular weight is 241 g/mol. The zero-order valence-corrected chi connectivity index (χ0v) is 11.1. The van der Waals surface area contributed by atoms with Crippen LogP contribution in [-0.2, 0) is 0 Å². The maximum Gasteiger partial charge on any atom is 0.119 e. The molecule has 2 N–H and O–H groups in total. The van der Waals surface area contributed by atoms with Crippen LogP contribution in [0.3, 0.4) is 0 Å². The van der Waals surface area contributed by atoms with Gasteiger partial charge in [0.25, 0.3) is 0 Å². The van der Waals surface area contributed by atoms with Crippen molar-refractivity contribution in [3.05, 3.63) is 48.0 Å². The molecular formula is C16H19NO. The summed E-state index contributed by atoms with van der Waals surface area (Å²) in [5, 5.41) is 0. The second-order valence-electron chi connectivity index (χ2n) is 4.73. The van der Waals surface area contributed by atoms with Gasteiger partial charge in [-0.1, -0.05) is 38.1 Å². The summed E-state index contributed by atoms with van der Waals surface area (Å²) in [4.78, 5) is 0. The van der Waals surface area contributed by atoms with Gasteiger partial charge in [0.05, 0.1) is 7.11 Å². The molecule has 2 aromatic carbocycles. The van der Waals surface area contributed by atoms with Gasteiger partial charge in [0.1, 0.15) is 5.75 Å². The third-order valence-corrected chi connectivity index (χ3v) is 3.11. The predicted octanol–water partition coefficient (Wildman–Crippen LogP) is 4.07. The van der Waals surface area contributed by atoms with Crippen molar-refractivity contribution in [3.63, 3.8) is 0 Å². The number of hydrogen-bond acceptors (Lipinski definition) is 2. The molecule has 0 atom stereocenters. The first-order valence-corrected chi connectivity index (χ1v) is 6.15. The van der Waals surface area contributed by atoms with Crippen LogP contribution in [0.4, 0.5) is 5.69 Å². The first-order chi connectivity index (χ1) is 8.61. The topological polar surface area (TPSA) is 35.2 Å². The highest BCUT2D eigenvalue weighted by molar-refractivity contribution is 5.70. The Morgan fingerprint density at radius 3 is 2.33 bits per heavy atom. The Kier molecular flexibility index (Phi) is 3.56. The molecule has 0 aliphatic rings. The summed E-state index contributed by atoms with van der Waals surface area (Å²) in [6, 6.07) is 14.3. The van der Waals surface area contributed by atoms with Gasteiger partial charge in [-0.3, -0.25) is 0 Å². The molecule has 0 spiro atoms. The molecule has 0 saturated carbocycles. The summed E-state index contributed by atoms with van der Waals surface area (Å²) in [6.07, 6.45) is 0. The molecule has 2 nitrogen and oxygen atoms in total. The number of methoxy groups -OCH3 is 1. The molecule has 0 unspecified atom stereocenters. The lowest BCUT2D eigenvalue weighted by Gasteiger charge is -2.11. The highest BCUT2D eigenvalue weighted by atomic mass is 16.5. The van der Waals surface area contributed by atoms with Gasteiger partial charge in [0, 0.05) is 5.69 Å². The largest absolute Gasteiger partial charge is 0.497 e. The van der Waals surface area contributed by atoms with Crippen molar-refractivity contribution in [2.75, 3.05) is 12.8 Å². The molecule has 2 heteroatoms. The lowest BCUT2D eigenvalue weighted by atomic mass is 9.97. The Morgan fingerprint density at radius 1 is 1.00 bits per heavy atom. The van der Waals surface area contributed by atoms with Crippen LogP contribution in [-0.4, -0.2) is 7.11 Å². The molecule has 94 valence electrons. The van der Waals surface area contributed by atoms with Crippen molar-refractivity contribution < 1.29 is 4.74 Å². The number of rotatable bonds is 3. The fourth-order valence-electron chi connectivity index (χ4n) is 2.08. The summed E-state index contributed by atoms with van der Waals surface area (Å²) < 4.78 is 5.24. The number of benzene rings is 2. The van der Waals surface area contributed by atoms with E-state index < -0.39 is 0 Å². The van der Waals surface area contributed by atoms with E-state index >= 15 is 0 Å². The highest BCUT2D eigenvalue weighted by Gasteiger charge is 2.06. The van der Waals surface area contributed by atoms with E-state index in [0.29, 0.717) is 5.92 Å². The van der Waals surface area contributed by atoms with Crippen LogP contribution in [0.25, 0.3) is 11.1 Å². The van der Waals surface area contributed by atoms with Crippen LogP contribution in [0.15, 0.2) is 42.5 Å². The Bertz CT molecular complexity index is 547. The lowest BCUT2D eigenvalue weighted by molar-refractivity contribution is 0.415. The zero-order chi connectivity index (χ0) is 13.1. The quantitative estimate of drug-likeness (QED) is 0.822. The molecule has 2 aromatic rings. The fourth-order valence-corrected chi connectivity index (χ4v) is 2.08. The standard InChI is InChI=1S/C16H19NO/c1-11(2)15-8-7-13(10-16(15)17)12-5-4-6-14(9-12)18-3/h4-11H,17H2,1-3H3. The average Bonchev–Trinajstić information content (AvgIpc) is 2.38. The molecule has 0 radical (unpaired) electrons. The Hall–Kier alpha value is -1.96. The van der Waals surface area contributed by atoms with Gasteiger partial charge < -0.3 is 10.5 Å². The van der Waals surface area contributed by atoms with Crippen LogP contribution >= 0.6 is 0 Å². The minimum Gasteiger partial charge on any atom is -0.497 e. The number of nitrogens with two attached hydrogens (primary N) is 1. The van der Waals surface area contributed by atoms with Gasteiger partial charge in [-0.05, 0) is 40.8 Å². The van der Waals surface area contributed by atoms with Gasteiger partial charge >= 0.3 is 0 Å². The van der Waals surface area contributed by atoms with E-state index in [9.17, 15) is 0 Å². The van der Waals surface area contributed by atoms with E-state index in [2.05, 4.69) is 32.0 Å². The monoisotopic (exact) mass is 241 g/mol. The van der Waals surface area contributed by atoms with E-state index in [1.807, 2.05) is 24.3 Å². The smallest absolute Gasteiger partial charge is 0.119 e. The molecule has 0 fully saturated rings. The van der Waals surface area contributed by atoms with E-state index in [1.165, 1.54) is 5.56 Å². The van der Waals surface area contributed by atoms with Gasteiger partial charge in [-0.2, -0.15) is 0 Å². The first-order valence-electron chi connectivity index (χ1n) is 6.15.